The molecular weight excluding hydrogens is 195 g/mol. The first-order valence-electron chi connectivity index (χ1n) is 5.13. The standard InChI is InChI=1S/C11H17FN2O/c1-3-15-5-4-11(13-2)9-6-10(12)8-14-7-9/h6-8,11,13H,3-5H2,1-2H3. The normalized spacial score (nSPS) is 12.7. The number of halogens is 1. The highest BCUT2D eigenvalue weighted by atomic mass is 19.1. The summed E-state index contributed by atoms with van der Waals surface area (Å²) in [6.07, 6.45) is 3.70. The van der Waals surface area contributed by atoms with Gasteiger partial charge in [-0.3, -0.25) is 4.98 Å². The maximum absolute atomic E-state index is 12.9. The lowest BCUT2D eigenvalue weighted by atomic mass is 10.1. The van der Waals surface area contributed by atoms with Crippen LogP contribution in [0.25, 0.3) is 0 Å². The molecule has 0 aromatic carbocycles. The van der Waals surface area contributed by atoms with Gasteiger partial charge in [0.2, 0.25) is 0 Å². The molecule has 0 bridgehead atoms. The molecule has 0 aliphatic rings. The molecule has 0 spiro atoms. The summed E-state index contributed by atoms with van der Waals surface area (Å²) in [5.74, 6) is -0.302. The van der Waals surface area contributed by atoms with E-state index in [9.17, 15) is 4.39 Å². The van der Waals surface area contributed by atoms with E-state index in [-0.39, 0.29) is 11.9 Å². The Hall–Kier alpha value is -1.00. The number of aromatic nitrogens is 1. The number of rotatable bonds is 6. The highest BCUT2D eigenvalue weighted by Gasteiger charge is 2.09. The molecule has 0 saturated heterocycles. The summed E-state index contributed by atoms with van der Waals surface area (Å²) < 4.78 is 18.2. The van der Waals surface area contributed by atoms with Gasteiger partial charge in [-0.05, 0) is 32.0 Å². The van der Waals surface area contributed by atoms with Crippen LogP contribution in [-0.2, 0) is 4.74 Å². The van der Waals surface area contributed by atoms with Crippen LogP contribution in [0.3, 0.4) is 0 Å². The summed E-state index contributed by atoms with van der Waals surface area (Å²) in [6, 6.07) is 1.60. The average Bonchev–Trinajstić information content (AvgIpc) is 2.24. The van der Waals surface area contributed by atoms with Crippen molar-refractivity contribution in [3.05, 3.63) is 29.8 Å². The quantitative estimate of drug-likeness (QED) is 0.731. The van der Waals surface area contributed by atoms with Crippen LogP contribution < -0.4 is 5.32 Å². The fourth-order valence-electron chi connectivity index (χ4n) is 1.44. The predicted molar refractivity (Wildman–Crippen MR) is 57.1 cm³/mol. The van der Waals surface area contributed by atoms with Gasteiger partial charge in [-0.1, -0.05) is 0 Å². The largest absolute Gasteiger partial charge is 0.382 e. The molecule has 1 rings (SSSR count). The lowest BCUT2D eigenvalue weighted by Gasteiger charge is -2.15. The molecule has 84 valence electrons. The summed E-state index contributed by atoms with van der Waals surface area (Å²) in [5, 5.41) is 3.12. The van der Waals surface area contributed by atoms with E-state index in [1.807, 2.05) is 14.0 Å². The summed E-state index contributed by atoms with van der Waals surface area (Å²) in [5.41, 5.74) is 0.859. The number of nitrogens with one attached hydrogen (secondary N) is 1. The van der Waals surface area contributed by atoms with Crippen molar-refractivity contribution in [1.82, 2.24) is 10.3 Å². The second-order valence-corrected chi connectivity index (χ2v) is 3.26. The molecule has 1 unspecified atom stereocenters. The van der Waals surface area contributed by atoms with Crippen LogP contribution in [0.1, 0.15) is 24.9 Å². The third-order valence-electron chi connectivity index (χ3n) is 2.23. The Morgan fingerprint density at radius 3 is 2.93 bits per heavy atom. The number of pyridine rings is 1. The van der Waals surface area contributed by atoms with E-state index in [1.165, 1.54) is 12.3 Å². The minimum atomic E-state index is -0.302. The van der Waals surface area contributed by atoms with Crippen LogP contribution in [-0.4, -0.2) is 25.2 Å². The van der Waals surface area contributed by atoms with Gasteiger partial charge in [0, 0.05) is 25.5 Å². The lowest BCUT2D eigenvalue weighted by Crippen LogP contribution is -2.18. The summed E-state index contributed by atoms with van der Waals surface area (Å²) >= 11 is 0. The molecule has 1 aromatic rings. The molecular formula is C11H17FN2O. The first-order valence-corrected chi connectivity index (χ1v) is 5.13. The molecule has 0 radical (unpaired) electrons. The van der Waals surface area contributed by atoms with Crippen molar-refractivity contribution in [2.24, 2.45) is 0 Å². The molecule has 0 aliphatic carbocycles. The van der Waals surface area contributed by atoms with Gasteiger partial charge in [-0.25, -0.2) is 4.39 Å². The van der Waals surface area contributed by atoms with Crippen LogP contribution in [0.2, 0.25) is 0 Å². The van der Waals surface area contributed by atoms with Crippen LogP contribution >= 0.6 is 0 Å². The van der Waals surface area contributed by atoms with E-state index in [1.54, 1.807) is 6.20 Å². The zero-order valence-electron chi connectivity index (χ0n) is 9.16. The van der Waals surface area contributed by atoms with Crippen molar-refractivity contribution >= 4 is 0 Å². The highest BCUT2D eigenvalue weighted by molar-refractivity contribution is 5.14. The number of hydrogen-bond donors (Lipinski definition) is 1. The summed E-state index contributed by atoms with van der Waals surface area (Å²) in [6.45, 7) is 3.33. The molecule has 4 heteroatoms. The third-order valence-corrected chi connectivity index (χ3v) is 2.23. The number of ether oxygens (including phenoxy) is 1. The fraction of sp³-hybridized carbons (Fsp3) is 0.545. The van der Waals surface area contributed by atoms with E-state index >= 15 is 0 Å². The van der Waals surface area contributed by atoms with Crippen LogP contribution in [0.4, 0.5) is 4.39 Å². The summed E-state index contributed by atoms with van der Waals surface area (Å²) in [7, 11) is 1.85. The van der Waals surface area contributed by atoms with Crippen molar-refractivity contribution in [2.75, 3.05) is 20.3 Å². The molecule has 1 aromatic heterocycles. The Labute approximate surface area is 89.7 Å². The first kappa shape index (κ1) is 12.1. The third kappa shape index (κ3) is 3.93. The van der Waals surface area contributed by atoms with Crippen molar-refractivity contribution in [2.45, 2.75) is 19.4 Å². The van der Waals surface area contributed by atoms with Crippen LogP contribution in [0.5, 0.6) is 0 Å². The lowest BCUT2D eigenvalue weighted by molar-refractivity contribution is 0.137. The smallest absolute Gasteiger partial charge is 0.141 e. The van der Waals surface area contributed by atoms with Crippen molar-refractivity contribution < 1.29 is 9.13 Å². The van der Waals surface area contributed by atoms with E-state index in [4.69, 9.17) is 4.74 Å². The Bertz CT molecular complexity index is 294. The van der Waals surface area contributed by atoms with Gasteiger partial charge in [0.25, 0.3) is 0 Å². The molecule has 0 aliphatic heterocycles. The van der Waals surface area contributed by atoms with Gasteiger partial charge in [-0.2, -0.15) is 0 Å². The molecule has 0 fully saturated rings. The van der Waals surface area contributed by atoms with Crippen LogP contribution in [0.15, 0.2) is 18.5 Å². The van der Waals surface area contributed by atoms with Gasteiger partial charge in [-0.15, -0.1) is 0 Å². The van der Waals surface area contributed by atoms with Crippen LogP contribution in [0, 0.1) is 5.82 Å². The predicted octanol–water partition coefficient (Wildman–Crippen LogP) is 1.91. The Balaban J connectivity index is 2.57. The Morgan fingerprint density at radius 2 is 2.33 bits per heavy atom. The van der Waals surface area contributed by atoms with Crippen molar-refractivity contribution in [1.29, 1.82) is 0 Å². The van der Waals surface area contributed by atoms with Crippen molar-refractivity contribution in [3.8, 4) is 0 Å². The van der Waals surface area contributed by atoms with E-state index < -0.39 is 0 Å². The van der Waals surface area contributed by atoms with Gasteiger partial charge in [0.05, 0.1) is 6.20 Å². The molecule has 0 saturated carbocycles. The Morgan fingerprint density at radius 1 is 1.53 bits per heavy atom. The Kier molecular flexibility index (Phi) is 5.21. The fourth-order valence-corrected chi connectivity index (χ4v) is 1.44. The number of hydrogen-bond acceptors (Lipinski definition) is 3. The minimum absolute atomic E-state index is 0.0970. The molecule has 1 atom stereocenters. The SMILES string of the molecule is CCOCCC(NC)c1cncc(F)c1. The second kappa shape index (κ2) is 6.48. The second-order valence-electron chi connectivity index (χ2n) is 3.26. The first-order chi connectivity index (χ1) is 7.27. The monoisotopic (exact) mass is 212 g/mol. The maximum atomic E-state index is 12.9. The van der Waals surface area contributed by atoms with E-state index in [2.05, 4.69) is 10.3 Å². The van der Waals surface area contributed by atoms with Gasteiger partial charge < -0.3 is 10.1 Å². The topological polar surface area (TPSA) is 34.1 Å². The molecule has 15 heavy (non-hydrogen) atoms. The van der Waals surface area contributed by atoms with Crippen molar-refractivity contribution in [3.63, 3.8) is 0 Å². The van der Waals surface area contributed by atoms with Gasteiger partial charge in [0.1, 0.15) is 5.82 Å². The minimum Gasteiger partial charge on any atom is -0.382 e. The molecule has 3 nitrogen and oxygen atoms in total. The molecule has 0 amide bonds. The highest BCUT2D eigenvalue weighted by Crippen LogP contribution is 2.15. The van der Waals surface area contributed by atoms with E-state index in [0.29, 0.717) is 13.2 Å². The maximum Gasteiger partial charge on any atom is 0.141 e. The molecule has 1 N–H and O–H groups in total. The number of nitrogens with zero attached hydrogens (tertiary/aromatic N) is 1. The zero-order valence-corrected chi connectivity index (χ0v) is 9.16. The van der Waals surface area contributed by atoms with Gasteiger partial charge in [0.15, 0.2) is 0 Å². The van der Waals surface area contributed by atoms with Gasteiger partial charge >= 0.3 is 0 Å². The average molecular weight is 212 g/mol. The zero-order chi connectivity index (χ0) is 11.1. The summed E-state index contributed by atoms with van der Waals surface area (Å²) in [4.78, 5) is 3.83. The van der Waals surface area contributed by atoms with E-state index in [0.717, 1.165) is 12.0 Å². The molecule has 1 heterocycles.